The lowest BCUT2D eigenvalue weighted by Crippen LogP contribution is -2.26. The van der Waals surface area contributed by atoms with E-state index in [9.17, 15) is 14.7 Å². The number of aliphatic carboxylic acids is 2. The second kappa shape index (κ2) is 17.9. The highest BCUT2D eigenvalue weighted by Crippen LogP contribution is 2.38. The molecule has 0 spiro atoms. The monoisotopic (exact) mass is 402 g/mol. The molecule has 0 aromatic carbocycles. The first-order chi connectivity index (χ1) is 13.5. The number of rotatable bonds is 21. The minimum Gasteiger partial charge on any atom is -0.481 e. The quantitative estimate of drug-likeness (QED) is 0.254. The van der Waals surface area contributed by atoms with Crippen LogP contribution in [0.5, 0.6) is 0 Å². The van der Waals surface area contributed by atoms with Gasteiger partial charge in [-0.1, -0.05) is 39.5 Å². The molecule has 0 heterocycles. The molecule has 2 N–H and O–H groups in total. The zero-order valence-electron chi connectivity index (χ0n) is 18.0. The Morgan fingerprint density at radius 1 is 0.643 bits per heavy atom. The van der Waals surface area contributed by atoms with E-state index >= 15 is 0 Å². The van der Waals surface area contributed by atoms with Crippen LogP contribution < -0.4 is 0 Å². The summed E-state index contributed by atoms with van der Waals surface area (Å²) in [5, 5.41) is 18.0. The first-order valence-corrected chi connectivity index (χ1v) is 11.0. The highest BCUT2D eigenvalue weighted by molar-refractivity contribution is 5.66. The van der Waals surface area contributed by atoms with Crippen LogP contribution in [-0.2, 0) is 19.1 Å². The molecule has 0 unspecified atom stereocenters. The third kappa shape index (κ3) is 15.9. The zero-order chi connectivity index (χ0) is 21.1. The van der Waals surface area contributed by atoms with E-state index in [0.29, 0.717) is 26.1 Å². The molecule has 0 aromatic heterocycles. The first-order valence-electron chi connectivity index (χ1n) is 11.0. The van der Waals surface area contributed by atoms with Crippen LogP contribution in [0.25, 0.3) is 0 Å². The topological polar surface area (TPSA) is 93.1 Å². The Labute approximate surface area is 171 Å². The van der Waals surface area contributed by atoms with E-state index in [1.54, 1.807) is 0 Å². The summed E-state index contributed by atoms with van der Waals surface area (Å²) < 4.78 is 11.5. The second-order valence-corrected chi connectivity index (χ2v) is 7.78. The van der Waals surface area contributed by atoms with Crippen LogP contribution in [0.15, 0.2) is 0 Å². The largest absolute Gasteiger partial charge is 0.481 e. The summed E-state index contributed by atoms with van der Waals surface area (Å²) in [7, 11) is 0. The Morgan fingerprint density at radius 3 is 1.64 bits per heavy atom. The van der Waals surface area contributed by atoms with Gasteiger partial charge in [-0.3, -0.25) is 9.59 Å². The van der Waals surface area contributed by atoms with Gasteiger partial charge in [-0.05, 0) is 50.4 Å². The third-order valence-corrected chi connectivity index (χ3v) is 5.30. The van der Waals surface area contributed by atoms with Crippen LogP contribution in [0.1, 0.15) is 97.3 Å². The number of hydrogen-bond acceptors (Lipinski definition) is 4. The van der Waals surface area contributed by atoms with Crippen molar-refractivity contribution in [3.8, 4) is 0 Å². The van der Waals surface area contributed by atoms with E-state index in [-0.39, 0.29) is 18.3 Å². The van der Waals surface area contributed by atoms with Gasteiger partial charge in [0.15, 0.2) is 0 Å². The van der Waals surface area contributed by atoms with Gasteiger partial charge in [0.1, 0.15) is 0 Å². The van der Waals surface area contributed by atoms with Crippen molar-refractivity contribution in [1.82, 2.24) is 0 Å². The van der Waals surface area contributed by atoms with Crippen LogP contribution in [0.4, 0.5) is 0 Å². The van der Waals surface area contributed by atoms with Gasteiger partial charge in [0.25, 0.3) is 0 Å². The number of unbranched alkanes of at least 4 members (excludes halogenated alkanes) is 4. The fourth-order valence-electron chi connectivity index (χ4n) is 3.35. The molecule has 0 atom stereocenters. The third-order valence-electron chi connectivity index (χ3n) is 5.30. The normalized spacial score (nSPS) is 11.6. The van der Waals surface area contributed by atoms with Crippen LogP contribution in [0.2, 0.25) is 0 Å². The minimum atomic E-state index is -0.769. The van der Waals surface area contributed by atoms with E-state index in [1.165, 1.54) is 0 Å². The summed E-state index contributed by atoms with van der Waals surface area (Å²) in [5.41, 5.74) is -0.111. The van der Waals surface area contributed by atoms with Gasteiger partial charge in [-0.2, -0.15) is 0 Å². The summed E-state index contributed by atoms with van der Waals surface area (Å²) in [6.07, 6.45) is 10.2. The maximum atomic E-state index is 11.2. The molecule has 0 radical (unpaired) electrons. The van der Waals surface area contributed by atoms with Crippen LogP contribution >= 0.6 is 0 Å². The molecule has 0 aromatic rings. The fourth-order valence-corrected chi connectivity index (χ4v) is 3.35. The zero-order valence-corrected chi connectivity index (χ0v) is 18.0. The summed E-state index contributed by atoms with van der Waals surface area (Å²) >= 11 is 0. The molecule has 0 aliphatic heterocycles. The van der Waals surface area contributed by atoms with E-state index < -0.39 is 11.9 Å². The first kappa shape index (κ1) is 26.9. The van der Waals surface area contributed by atoms with E-state index in [4.69, 9.17) is 14.6 Å². The molecule has 0 aliphatic carbocycles. The lowest BCUT2D eigenvalue weighted by molar-refractivity contribution is -0.138. The molecule has 0 fully saturated rings. The average molecular weight is 403 g/mol. The number of carbonyl (C=O) groups is 2. The van der Waals surface area contributed by atoms with E-state index in [1.807, 2.05) is 0 Å². The van der Waals surface area contributed by atoms with Gasteiger partial charge in [0.2, 0.25) is 0 Å². The Bertz CT molecular complexity index is 382. The van der Waals surface area contributed by atoms with Crippen molar-refractivity contribution in [3.05, 3.63) is 0 Å². The number of carboxylic acids is 2. The summed E-state index contributed by atoms with van der Waals surface area (Å²) in [4.78, 5) is 21.9. The van der Waals surface area contributed by atoms with Crippen molar-refractivity contribution in [2.75, 3.05) is 26.4 Å². The summed E-state index contributed by atoms with van der Waals surface area (Å²) in [6, 6.07) is 0. The van der Waals surface area contributed by atoms with Crippen molar-refractivity contribution in [2.45, 2.75) is 97.3 Å². The van der Waals surface area contributed by atoms with Crippen molar-refractivity contribution in [2.24, 2.45) is 5.41 Å². The van der Waals surface area contributed by atoms with Gasteiger partial charge in [-0.25, -0.2) is 0 Å². The number of ether oxygens (including phenoxy) is 2. The van der Waals surface area contributed by atoms with Gasteiger partial charge < -0.3 is 19.7 Å². The molecule has 0 rings (SSSR count). The molecule has 0 aliphatic rings. The molecule has 28 heavy (non-hydrogen) atoms. The Kier molecular flexibility index (Phi) is 17.2. The fraction of sp³-hybridized carbons (Fsp3) is 0.909. The van der Waals surface area contributed by atoms with Crippen molar-refractivity contribution in [1.29, 1.82) is 0 Å². The van der Waals surface area contributed by atoms with Crippen molar-refractivity contribution >= 4 is 11.9 Å². The Morgan fingerprint density at radius 2 is 1.18 bits per heavy atom. The lowest BCUT2D eigenvalue weighted by Gasteiger charge is -2.34. The summed E-state index contributed by atoms with van der Waals surface area (Å²) in [5.74, 6) is -1.53. The van der Waals surface area contributed by atoms with Gasteiger partial charge >= 0.3 is 11.9 Å². The smallest absolute Gasteiger partial charge is 0.303 e. The summed E-state index contributed by atoms with van der Waals surface area (Å²) in [6.45, 7) is 7.04. The highest BCUT2D eigenvalue weighted by Gasteiger charge is 2.30. The van der Waals surface area contributed by atoms with Crippen molar-refractivity contribution in [3.63, 3.8) is 0 Å². The standard InChI is InChI=1S/C22H42O6/c1-3-5-16-27-18-14-22(13-11-21(25)26,15-19-28-17-6-4-2)12-9-7-8-10-20(23)24/h3-19H2,1-2H3,(H,23,24)(H,25,26). The number of carboxylic acid groups (broad SMARTS) is 2. The van der Waals surface area contributed by atoms with Crippen LogP contribution in [-0.4, -0.2) is 48.6 Å². The molecular weight excluding hydrogens is 360 g/mol. The van der Waals surface area contributed by atoms with E-state index in [2.05, 4.69) is 13.8 Å². The highest BCUT2D eigenvalue weighted by atomic mass is 16.5. The molecule has 166 valence electrons. The van der Waals surface area contributed by atoms with Crippen molar-refractivity contribution < 1.29 is 29.3 Å². The average Bonchev–Trinajstić information content (AvgIpc) is 2.65. The molecule has 0 saturated heterocycles. The van der Waals surface area contributed by atoms with Crippen LogP contribution in [0, 0.1) is 5.41 Å². The maximum Gasteiger partial charge on any atom is 0.303 e. The molecule has 0 bridgehead atoms. The second-order valence-electron chi connectivity index (χ2n) is 7.78. The van der Waals surface area contributed by atoms with Gasteiger partial charge in [-0.15, -0.1) is 0 Å². The number of hydrogen-bond donors (Lipinski definition) is 2. The molecule has 0 saturated carbocycles. The molecule has 0 amide bonds. The molecule has 6 nitrogen and oxygen atoms in total. The molecular formula is C22H42O6. The van der Waals surface area contributed by atoms with Gasteiger partial charge in [0.05, 0.1) is 0 Å². The van der Waals surface area contributed by atoms with E-state index in [0.717, 1.165) is 71.0 Å². The van der Waals surface area contributed by atoms with Gasteiger partial charge in [0, 0.05) is 39.3 Å². The molecule has 6 heteroatoms. The lowest BCUT2D eigenvalue weighted by atomic mass is 9.73. The van der Waals surface area contributed by atoms with Crippen LogP contribution in [0.3, 0.4) is 0 Å². The predicted molar refractivity (Wildman–Crippen MR) is 111 cm³/mol. The maximum absolute atomic E-state index is 11.2. The Hall–Kier alpha value is -1.14. The SMILES string of the molecule is CCCCOCCC(CCCCCC(=O)O)(CCOCCCC)CCC(=O)O. The minimum absolute atomic E-state index is 0.111. The predicted octanol–water partition coefficient (Wildman–Crippen LogP) is 5.29. The Balaban J connectivity index is 4.74.